The first-order valence-corrected chi connectivity index (χ1v) is 6.11. The molecule has 1 saturated heterocycles. The molecular weight excluding hydrogens is 248 g/mol. The largest absolute Gasteiger partial charge is 0.394 e. The van der Waals surface area contributed by atoms with Crippen molar-refractivity contribution in [3.8, 4) is 0 Å². The minimum atomic E-state index is -0.230. The second-order valence-electron chi connectivity index (χ2n) is 4.53. The number of imidazole rings is 1. The summed E-state index contributed by atoms with van der Waals surface area (Å²) in [5, 5.41) is 12.4. The number of fused-ring (bicyclic) bond motifs is 1. The lowest BCUT2D eigenvalue weighted by molar-refractivity contribution is -0.0249. The highest BCUT2D eigenvalue weighted by Gasteiger charge is 2.35. The van der Waals surface area contributed by atoms with E-state index in [1.165, 1.54) is 6.33 Å². The van der Waals surface area contributed by atoms with Gasteiger partial charge in [-0.15, -0.1) is 0 Å². The molecular formula is C11H16N6O2. The number of aliphatic hydroxyl groups excluding tert-OH is 1. The van der Waals surface area contributed by atoms with Crippen molar-refractivity contribution >= 4 is 17.0 Å². The van der Waals surface area contributed by atoms with Gasteiger partial charge in [0.05, 0.1) is 19.0 Å². The second kappa shape index (κ2) is 4.72. The van der Waals surface area contributed by atoms with E-state index >= 15 is 0 Å². The summed E-state index contributed by atoms with van der Waals surface area (Å²) in [5.41, 5.74) is 6.97. The molecule has 0 unspecified atom stereocenters. The van der Waals surface area contributed by atoms with Gasteiger partial charge in [-0.3, -0.25) is 4.57 Å². The van der Waals surface area contributed by atoms with Gasteiger partial charge in [0.15, 0.2) is 11.5 Å². The van der Waals surface area contributed by atoms with Crippen LogP contribution in [0.3, 0.4) is 0 Å². The van der Waals surface area contributed by atoms with Crippen molar-refractivity contribution in [2.45, 2.75) is 24.8 Å². The van der Waals surface area contributed by atoms with E-state index in [0.717, 1.165) is 6.42 Å². The van der Waals surface area contributed by atoms with Crippen LogP contribution in [-0.4, -0.2) is 50.4 Å². The molecule has 3 heterocycles. The smallest absolute Gasteiger partial charge is 0.167 e. The Balaban J connectivity index is 1.95. The zero-order valence-electron chi connectivity index (χ0n) is 10.5. The molecule has 1 aliphatic rings. The maximum atomic E-state index is 9.30. The van der Waals surface area contributed by atoms with Gasteiger partial charge in [-0.1, -0.05) is 0 Å². The van der Waals surface area contributed by atoms with Crippen LogP contribution in [0.1, 0.15) is 12.6 Å². The predicted octanol–water partition coefficient (Wildman–Crippen LogP) is -0.724. The van der Waals surface area contributed by atoms with Crippen molar-refractivity contribution < 1.29 is 9.84 Å². The minimum absolute atomic E-state index is 0.0221. The fourth-order valence-electron chi connectivity index (χ4n) is 2.46. The standard InChI is InChI=1S/C11H16N6O2/c1-13-6-2-8(19-7(6)3-18)17-5-16-9-10(12)14-4-15-11(9)17/h4-8,13,18H,2-3H2,1H3,(H2,12,14,15)/t6-,7+,8+/m0/s1. The average molecular weight is 264 g/mol. The summed E-state index contributed by atoms with van der Waals surface area (Å²) < 4.78 is 7.64. The first kappa shape index (κ1) is 12.3. The van der Waals surface area contributed by atoms with Crippen LogP contribution < -0.4 is 11.1 Å². The topological polar surface area (TPSA) is 111 Å². The first-order valence-electron chi connectivity index (χ1n) is 6.11. The maximum Gasteiger partial charge on any atom is 0.167 e. The Kier molecular flexibility index (Phi) is 3.05. The van der Waals surface area contributed by atoms with Crippen LogP contribution in [0.4, 0.5) is 5.82 Å². The van der Waals surface area contributed by atoms with E-state index in [9.17, 15) is 5.11 Å². The highest BCUT2D eigenvalue weighted by Crippen LogP contribution is 2.30. The maximum absolute atomic E-state index is 9.30. The van der Waals surface area contributed by atoms with E-state index < -0.39 is 0 Å². The SMILES string of the molecule is CN[C@H]1C[C@H](n2cnc3c(N)ncnc32)O[C@@H]1CO. The van der Waals surface area contributed by atoms with Gasteiger partial charge in [0.25, 0.3) is 0 Å². The molecule has 2 aromatic rings. The molecule has 0 aliphatic carbocycles. The van der Waals surface area contributed by atoms with Crippen LogP contribution in [0.25, 0.3) is 11.2 Å². The number of nitrogen functional groups attached to an aromatic ring is 1. The lowest BCUT2D eigenvalue weighted by Gasteiger charge is -2.14. The molecule has 0 amide bonds. The molecule has 0 radical (unpaired) electrons. The van der Waals surface area contributed by atoms with Gasteiger partial charge in [-0.2, -0.15) is 0 Å². The Hall–Kier alpha value is -1.77. The number of likely N-dealkylation sites (N-methyl/N-ethyl adjacent to an activating group) is 1. The van der Waals surface area contributed by atoms with E-state index in [2.05, 4.69) is 20.3 Å². The lowest BCUT2D eigenvalue weighted by Crippen LogP contribution is -2.35. The van der Waals surface area contributed by atoms with Crippen LogP contribution >= 0.6 is 0 Å². The molecule has 8 nitrogen and oxygen atoms in total. The third-order valence-corrected chi connectivity index (χ3v) is 3.48. The highest BCUT2D eigenvalue weighted by molar-refractivity contribution is 5.81. The molecule has 0 saturated carbocycles. The summed E-state index contributed by atoms with van der Waals surface area (Å²) in [6.45, 7) is -0.0221. The number of anilines is 1. The number of nitrogens with zero attached hydrogens (tertiary/aromatic N) is 4. The summed E-state index contributed by atoms with van der Waals surface area (Å²) >= 11 is 0. The van der Waals surface area contributed by atoms with Crippen LogP contribution in [-0.2, 0) is 4.74 Å². The molecule has 4 N–H and O–H groups in total. The monoisotopic (exact) mass is 264 g/mol. The number of aliphatic hydroxyl groups is 1. The summed E-state index contributed by atoms with van der Waals surface area (Å²) in [6, 6.07) is 0.103. The molecule has 1 aliphatic heterocycles. The number of hydrogen-bond donors (Lipinski definition) is 3. The zero-order valence-corrected chi connectivity index (χ0v) is 10.5. The molecule has 3 rings (SSSR count). The van der Waals surface area contributed by atoms with Crippen molar-refractivity contribution in [2.24, 2.45) is 0 Å². The molecule has 1 fully saturated rings. The van der Waals surface area contributed by atoms with E-state index in [-0.39, 0.29) is 25.0 Å². The predicted molar refractivity (Wildman–Crippen MR) is 68.2 cm³/mol. The molecule has 0 aromatic carbocycles. The Labute approximate surface area is 109 Å². The van der Waals surface area contributed by atoms with E-state index in [1.54, 1.807) is 6.33 Å². The Morgan fingerprint density at radius 3 is 3.05 bits per heavy atom. The molecule has 3 atom stereocenters. The normalized spacial score (nSPS) is 27.2. The molecule has 19 heavy (non-hydrogen) atoms. The molecule has 102 valence electrons. The van der Waals surface area contributed by atoms with Crippen molar-refractivity contribution in [3.05, 3.63) is 12.7 Å². The third kappa shape index (κ3) is 1.93. The van der Waals surface area contributed by atoms with Crippen molar-refractivity contribution in [2.75, 3.05) is 19.4 Å². The Morgan fingerprint density at radius 2 is 2.37 bits per heavy atom. The fraction of sp³-hybridized carbons (Fsp3) is 0.545. The molecule has 8 heteroatoms. The molecule has 0 spiro atoms. The van der Waals surface area contributed by atoms with Gasteiger partial charge in [-0.05, 0) is 7.05 Å². The average Bonchev–Trinajstić information content (AvgIpc) is 3.02. The van der Waals surface area contributed by atoms with Gasteiger partial charge in [0, 0.05) is 12.5 Å². The fourth-order valence-corrected chi connectivity index (χ4v) is 2.46. The van der Waals surface area contributed by atoms with Crippen LogP contribution in [0.5, 0.6) is 0 Å². The van der Waals surface area contributed by atoms with Crippen molar-refractivity contribution in [3.63, 3.8) is 0 Å². The van der Waals surface area contributed by atoms with Crippen molar-refractivity contribution in [1.29, 1.82) is 0 Å². The number of nitrogens with two attached hydrogens (primary N) is 1. The van der Waals surface area contributed by atoms with Crippen LogP contribution in [0.2, 0.25) is 0 Å². The lowest BCUT2D eigenvalue weighted by atomic mass is 10.1. The summed E-state index contributed by atoms with van der Waals surface area (Å²) in [5.74, 6) is 0.352. The van der Waals surface area contributed by atoms with Crippen LogP contribution in [0, 0.1) is 0 Å². The quantitative estimate of drug-likeness (QED) is 0.670. The number of hydrogen-bond acceptors (Lipinski definition) is 7. The minimum Gasteiger partial charge on any atom is -0.394 e. The second-order valence-corrected chi connectivity index (χ2v) is 4.53. The number of aromatic nitrogens is 4. The Morgan fingerprint density at radius 1 is 1.53 bits per heavy atom. The van der Waals surface area contributed by atoms with Gasteiger partial charge >= 0.3 is 0 Å². The first-order chi connectivity index (χ1) is 9.24. The highest BCUT2D eigenvalue weighted by atomic mass is 16.5. The van der Waals surface area contributed by atoms with E-state index in [1.807, 2.05) is 11.6 Å². The molecule has 0 bridgehead atoms. The Bertz CT molecular complexity index is 574. The van der Waals surface area contributed by atoms with Crippen LogP contribution in [0.15, 0.2) is 12.7 Å². The van der Waals surface area contributed by atoms with Gasteiger partial charge in [0.1, 0.15) is 18.1 Å². The number of rotatable bonds is 3. The van der Waals surface area contributed by atoms with E-state index in [4.69, 9.17) is 10.5 Å². The van der Waals surface area contributed by atoms with Gasteiger partial charge < -0.3 is 20.9 Å². The summed E-state index contributed by atoms with van der Waals surface area (Å²) in [4.78, 5) is 12.3. The number of nitrogens with one attached hydrogen (secondary N) is 1. The molecule has 2 aromatic heterocycles. The van der Waals surface area contributed by atoms with Gasteiger partial charge in [-0.25, -0.2) is 15.0 Å². The van der Waals surface area contributed by atoms with E-state index in [0.29, 0.717) is 17.0 Å². The van der Waals surface area contributed by atoms with Gasteiger partial charge in [0.2, 0.25) is 0 Å². The summed E-state index contributed by atoms with van der Waals surface area (Å²) in [6.07, 6.45) is 3.34. The van der Waals surface area contributed by atoms with Crippen molar-refractivity contribution in [1.82, 2.24) is 24.8 Å². The zero-order chi connectivity index (χ0) is 13.4. The third-order valence-electron chi connectivity index (χ3n) is 3.48. The summed E-state index contributed by atoms with van der Waals surface area (Å²) in [7, 11) is 1.85. The number of ether oxygens (including phenoxy) is 1.